The number of rotatable bonds is 10. The van der Waals surface area contributed by atoms with Crippen molar-refractivity contribution in [2.45, 2.75) is 39.3 Å². The van der Waals surface area contributed by atoms with Gasteiger partial charge in [0.15, 0.2) is 0 Å². The van der Waals surface area contributed by atoms with Gasteiger partial charge in [-0.15, -0.1) is 0 Å². The van der Waals surface area contributed by atoms with Crippen molar-refractivity contribution in [3.05, 3.63) is 63.1 Å². The third-order valence-electron chi connectivity index (χ3n) is 5.34. The summed E-state index contributed by atoms with van der Waals surface area (Å²) in [6, 6.07) is 11.9. The Morgan fingerprint density at radius 2 is 1.79 bits per heavy atom. The second kappa shape index (κ2) is 11.9. The SMILES string of the molecule is CNC(=O)C(C)N(Cc1ccc(Br)cc1)C(=O)CCCN(c1cccc(Cl)c1C)S(C)(=O)=O. The maximum Gasteiger partial charge on any atom is 0.242 e. The van der Waals surface area contributed by atoms with Gasteiger partial charge in [-0.2, -0.15) is 0 Å². The number of sulfonamides is 1. The molecule has 2 rings (SSSR count). The van der Waals surface area contributed by atoms with E-state index in [1.54, 1.807) is 32.0 Å². The largest absolute Gasteiger partial charge is 0.357 e. The molecule has 0 radical (unpaired) electrons. The Morgan fingerprint density at radius 3 is 2.36 bits per heavy atom. The molecule has 2 aromatic carbocycles. The van der Waals surface area contributed by atoms with Gasteiger partial charge in [-0.3, -0.25) is 13.9 Å². The molecule has 2 aromatic rings. The maximum absolute atomic E-state index is 13.1. The van der Waals surface area contributed by atoms with E-state index in [9.17, 15) is 18.0 Å². The van der Waals surface area contributed by atoms with E-state index in [1.165, 1.54) is 16.3 Å². The summed E-state index contributed by atoms with van der Waals surface area (Å²) in [7, 11) is -2.05. The molecule has 1 atom stereocenters. The molecule has 0 aromatic heterocycles. The fraction of sp³-hybridized carbons (Fsp3) is 0.391. The van der Waals surface area contributed by atoms with Gasteiger partial charge in [0.2, 0.25) is 21.8 Å². The van der Waals surface area contributed by atoms with Crippen molar-refractivity contribution in [3.8, 4) is 0 Å². The highest BCUT2D eigenvalue weighted by Gasteiger charge is 2.26. The molecule has 1 unspecified atom stereocenters. The van der Waals surface area contributed by atoms with Gasteiger partial charge in [-0.25, -0.2) is 8.42 Å². The highest BCUT2D eigenvalue weighted by Crippen LogP contribution is 2.28. The minimum atomic E-state index is -3.58. The van der Waals surface area contributed by atoms with Crippen LogP contribution in [0.1, 0.15) is 30.9 Å². The van der Waals surface area contributed by atoms with E-state index in [0.29, 0.717) is 16.3 Å². The normalized spacial score (nSPS) is 12.2. The molecule has 180 valence electrons. The monoisotopic (exact) mass is 557 g/mol. The topological polar surface area (TPSA) is 86.8 Å². The van der Waals surface area contributed by atoms with Crippen LogP contribution in [0.4, 0.5) is 5.69 Å². The molecule has 0 bridgehead atoms. The van der Waals surface area contributed by atoms with Crippen LogP contribution in [0, 0.1) is 6.92 Å². The van der Waals surface area contributed by atoms with Gasteiger partial charge in [0, 0.05) is 36.1 Å². The Bertz CT molecular complexity index is 1090. The molecule has 2 amide bonds. The van der Waals surface area contributed by atoms with Gasteiger partial charge in [-0.05, 0) is 55.7 Å². The summed E-state index contributed by atoms with van der Waals surface area (Å²) in [4.78, 5) is 26.9. The zero-order chi connectivity index (χ0) is 24.8. The lowest BCUT2D eigenvalue weighted by Crippen LogP contribution is -2.46. The Labute approximate surface area is 209 Å². The number of benzene rings is 2. The second-order valence-electron chi connectivity index (χ2n) is 7.76. The van der Waals surface area contributed by atoms with Crippen LogP contribution in [0.15, 0.2) is 46.9 Å². The average molecular weight is 559 g/mol. The van der Waals surface area contributed by atoms with Crippen LogP contribution in [0.2, 0.25) is 5.02 Å². The van der Waals surface area contributed by atoms with Crippen LogP contribution >= 0.6 is 27.5 Å². The molecule has 0 spiro atoms. The number of carbonyl (C=O) groups excluding carboxylic acids is 2. The van der Waals surface area contributed by atoms with Crippen LogP contribution < -0.4 is 9.62 Å². The summed E-state index contributed by atoms with van der Waals surface area (Å²) in [5, 5.41) is 3.05. The first-order valence-corrected chi connectivity index (χ1v) is 13.5. The standard InChI is InChI=1S/C23H29BrClN3O4S/c1-16-20(25)7-5-8-21(16)28(33(4,31)32)14-6-9-22(29)27(17(2)23(30)26-3)15-18-10-12-19(24)13-11-18/h5,7-8,10-13,17H,6,9,14-15H2,1-4H3,(H,26,30). The minimum absolute atomic E-state index is 0.0868. The van der Waals surface area contributed by atoms with E-state index in [4.69, 9.17) is 11.6 Å². The summed E-state index contributed by atoms with van der Waals surface area (Å²) in [6.45, 7) is 3.82. The molecular formula is C23H29BrClN3O4S. The Kier molecular flexibility index (Phi) is 9.75. The maximum atomic E-state index is 13.1. The average Bonchev–Trinajstić information content (AvgIpc) is 2.76. The molecule has 33 heavy (non-hydrogen) atoms. The molecule has 0 aliphatic carbocycles. The van der Waals surface area contributed by atoms with Crippen LogP contribution in [0.3, 0.4) is 0 Å². The number of hydrogen-bond acceptors (Lipinski definition) is 4. The first kappa shape index (κ1) is 27.1. The van der Waals surface area contributed by atoms with Crippen LogP contribution in [0.5, 0.6) is 0 Å². The quantitative estimate of drug-likeness (QED) is 0.475. The van der Waals surface area contributed by atoms with Gasteiger partial charge in [-0.1, -0.05) is 45.7 Å². The number of nitrogens with zero attached hydrogens (tertiary/aromatic N) is 2. The summed E-state index contributed by atoms with van der Waals surface area (Å²) in [5.74, 6) is -0.502. The smallest absolute Gasteiger partial charge is 0.242 e. The zero-order valence-electron chi connectivity index (χ0n) is 19.1. The van der Waals surface area contributed by atoms with Crippen molar-refractivity contribution < 1.29 is 18.0 Å². The molecule has 1 N–H and O–H groups in total. The van der Waals surface area contributed by atoms with E-state index < -0.39 is 16.1 Å². The highest BCUT2D eigenvalue weighted by molar-refractivity contribution is 9.10. The minimum Gasteiger partial charge on any atom is -0.357 e. The number of anilines is 1. The predicted molar refractivity (Wildman–Crippen MR) is 136 cm³/mol. The Balaban J connectivity index is 2.17. The van der Waals surface area contributed by atoms with E-state index in [-0.39, 0.29) is 37.7 Å². The lowest BCUT2D eigenvalue weighted by Gasteiger charge is -2.29. The third kappa shape index (κ3) is 7.45. The third-order valence-corrected chi connectivity index (χ3v) is 7.46. The van der Waals surface area contributed by atoms with Crippen molar-refractivity contribution in [2.75, 3.05) is 24.2 Å². The van der Waals surface area contributed by atoms with Crippen LogP contribution in [-0.2, 0) is 26.2 Å². The molecule has 0 saturated heterocycles. The van der Waals surface area contributed by atoms with Gasteiger partial charge in [0.1, 0.15) is 6.04 Å². The fourth-order valence-corrected chi connectivity index (χ4v) is 4.88. The van der Waals surface area contributed by atoms with Crippen molar-refractivity contribution in [1.29, 1.82) is 0 Å². The lowest BCUT2D eigenvalue weighted by molar-refractivity contribution is -0.140. The van der Waals surface area contributed by atoms with E-state index >= 15 is 0 Å². The van der Waals surface area contributed by atoms with Crippen molar-refractivity contribution in [1.82, 2.24) is 10.2 Å². The molecule has 0 heterocycles. The van der Waals surface area contributed by atoms with Gasteiger partial charge in [0.05, 0.1) is 11.9 Å². The van der Waals surface area contributed by atoms with Crippen molar-refractivity contribution in [3.63, 3.8) is 0 Å². The second-order valence-corrected chi connectivity index (χ2v) is 11.0. The molecule has 0 fully saturated rings. The van der Waals surface area contributed by atoms with E-state index in [1.807, 2.05) is 24.3 Å². The zero-order valence-corrected chi connectivity index (χ0v) is 22.3. The molecule has 0 aliphatic heterocycles. The first-order chi connectivity index (χ1) is 15.5. The number of likely N-dealkylation sites (N-methyl/N-ethyl adjacent to an activating group) is 1. The number of hydrogen-bond donors (Lipinski definition) is 1. The summed E-state index contributed by atoms with van der Waals surface area (Å²) in [5.41, 5.74) is 2.03. The van der Waals surface area contributed by atoms with Gasteiger partial charge in [0.25, 0.3) is 0 Å². The molecular weight excluding hydrogens is 530 g/mol. The first-order valence-electron chi connectivity index (χ1n) is 10.4. The Hall–Kier alpha value is -2.10. The number of carbonyl (C=O) groups is 2. The summed E-state index contributed by atoms with van der Waals surface area (Å²) in [6.07, 6.45) is 1.50. The van der Waals surface area contributed by atoms with E-state index in [2.05, 4.69) is 21.2 Å². The highest BCUT2D eigenvalue weighted by atomic mass is 79.9. The van der Waals surface area contributed by atoms with Gasteiger partial charge < -0.3 is 10.2 Å². The molecule has 0 aliphatic rings. The Morgan fingerprint density at radius 1 is 1.15 bits per heavy atom. The lowest BCUT2D eigenvalue weighted by atomic mass is 10.1. The summed E-state index contributed by atoms with van der Waals surface area (Å²) >= 11 is 9.57. The van der Waals surface area contributed by atoms with Gasteiger partial charge >= 0.3 is 0 Å². The van der Waals surface area contributed by atoms with Crippen LogP contribution in [-0.4, -0.2) is 51.0 Å². The predicted octanol–water partition coefficient (Wildman–Crippen LogP) is 4.12. The van der Waals surface area contributed by atoms with Crippen molar-refractivity contribution in [2.24, 2.45) is 0 Å². The number of amides is 2. The number of halogens is 2. The van der Waals surface area contributed by atoms with Crippen LogP contribution in [0.25, 0.3) is 0 Å². The molecule has 0 saturated carbocycles. The van der Waals surface area contributed by atoms with Crippen molar-refractivity contribution >= 4 is 55.1 Å². The number of nitrogens with one attached hydrogen (secondary N) is 1. The molecule has 7 nitrogen and oxygen atoms in total. The van der Waals surface area contributed by atoms with E-state index in [0.717, 1.165) is 16.3 Å². The fourth-order valence-electron chi connectivity index (χ4n) is 3.43. The molecule has 10 heteroatoms. The summed E-state index contributed by atoms with van der Waals surface area (Å²) < 4.78 is 27.1.